The number of carbonyl (C=O) groups excluding carboxylic acids is 1. The van der Waals surface area contributed by atoms with Crippen molar-refractivity contribution in [1.82, 2.24) is 0 Å². The second-order valence-corrected chi connectivity index (χ2v) is 10.8. The molecule has 0 aliphatic carbocycles. The van der Waals surface area contributed by atoms with E-state index in [9.17, 15) is 9.59 Å². The monoisotopic (exact) mass is 590 g/mol. The van der Waals surface area contributed by atoms with Crippen LogP contribution < -0.4 is 29.1 Å². The quantitative estimate of drug-likeness (QED) is 0.150. The lowest BCUT2D eigenvalue weighted by atomic mass is 9.84. The smallest absolute Gasteiger partial charge is 0.312 e. The van der Waals surface area contributed by atoms with Gasteiger partial charge in [-0.15, -0.1) is 0 Å². The lowest BCUT2D eigenvalue weighted by Crippen LogP contribution is -2.22. The lowest BCUT2D eigenvalue weighted by Gasteiger charge is -2.27. The Morgan fingerprint density at radius 1 is 0.864 bits per heavy atom. The standard InChI is InChI=1S/C36H30O8/c1-39-30-11-8-22(18-32(30)40-2)27-20-43-36-25(35(27)38)9-12-31-34(36)26(19-33(37)44-31)24-5-3-4-6-29(24)42-15-13-21-7-10-28-23(17-21)14-16-41-28/h3-12,17-18,20,26H,13-16,19H2,1-2H3. The molecule has 2 aliphatic rings. The second kappa shape index (κ2) is 11.4. The number of esters is 1. The predicted molar refractivity (Wildman–Crippen MR) is 164 cm³/mol. The van der Waals surface area contributed by atoms with Crippen molar-refractivity contribution in [3.05, 3.63) is 112 Å². The summed E-state index contributed by atoms with van der Waals surface area (Å²) in [5.41, 5.74) is 5.06. The average Bonchev–Trinajstić information content (AvgIpc) is 3.52. The maximum Gasteiger partial charge on any atom is 0.312 e. The molecule has 1 aromatic heterocycles. The molecular formula is C36H30O8. The van der Waals surface area contributed by atoms with E-state index in [-0.39, 0.29) is 17.8 Å². The van der Waals surface area contributed by atoms with Crippen LogP contribution in [0.2, 0.25) is 0 Å². The zero-order valence-electron chi connectivity index (χ0n) is 24.4. The van der Waals surface area contributed by atoms with E-state index >= 15 is 0 Å². The Balaban J connectivity index is 1.24. The summed E-state index contributed by atoms with van der Waals surface area (Å²) in [5.74, 6) is 2.27. The van der Waals surface area contributed by atoms with E-state index in [1.165, 1.54) is 17.4 Å². The van der Waals surface area contributed by atoms with E-state index in [1.807, 2.05) is 30.3 Å². The SMILES string of the molecule is COc1ccc(-c2coc3c4c(ccc3c2=O)OC(=O)CC4c2ccccc2OCCc2ccc3c(c2)CCO3)cc1OC. The van der Waals surface area contributed by atoms with E-state index < -0.39 is 5.92 Å². The number of methoxy groups -OCH3 is 2. The van der Waals surface area contributed by atoms with Crippen molar-refractivity contribution in [2.75, 3.05) is 27.4 Å². The Morgan fingerprint density at radius 2 is 1.70 bits per heavy atom. The van der Waals surface area contributed by atoms with Crippen LogP contribution in [0.3, 0.4) is 0 Å². The molecule has 4 aromatic carbocycles. The Morgan fingerprint density at radius 3 is 2.57 bits per heavy atom. The molecule has 222 valence electrons. The van der Waals surface area contributed by atoms with Crippen molar-refractivity contribution >= 4 is 16.9 Å². The number of ether oxygens (including phenoxy) is 5. The molecule has 8 heteroatoms. The van der Waals surface area contributed by atoms with Gasteiger partial charge >= 0.3 is 5.97 Å². The van der Waals surface area contributed by atoms with Crippen LogP contribution in [0.15, 0.2) is 88.3 Å². The van der Waals surface area contributed by atoms with Crippen molar-refractivity contribution in [1.29, 1.82) is 0 Å². The summed E-state index contributed by atoms with van der Waals surface area (Å²) in [5, 5.41) is 0.387. The number of benzene rings is 4. The Kier molecular flexibility index (Phi) is 7.18. The molecule has 0 saturated heterocycles. The Labute approximate surface area is 253 Å². The van der Waals surface area contributed by atoms with Crippen LogP contribution in [0, 0.1) is 0 Å². The van der Waals surface area contributed by atoms with Crippen LogP contribution >= 0.6 is 0 Å². The summed E-state index contributed by atoms with van der Waals surface area (Å²) >= 11 is 0. The van der Waals surface area contributed by atoms with Gasteiger partial charge in [-0.2, -0.15) is 0 Å². The van der Waals surface area contributed by atoms with E-state index in [0.29, 0.717) is 57.3 Å². The summed E-state index contributed by atoms with van der Waals surface area (Å²) in [6.45, 7) is 1.18. The normalized spacial score (nSPS) is 15.2. The van der Waals surface area contributed by atoms with Gasteiger partial charge in [0.05, 0.1) is 44.8 Å². The van der Waals surface area contributed by atoms with E-state index in [1.54, 1.807) is 44.6 Å². The van der Waals surface area contributed by atoms with Gasteiger partial charge in [0, 0.05) is 29.9 Å². The zero-order valence-corrected chi connectivity index (χ0v) is 24.4. The predicted octanol–water partition coefficient (Wildman–Crippen LogP) is 6.47. The molecular weight excluding hydrogens is 560 g/mol. The molecule has 0 amide bonds. The van der Waals surface area contributed by atoms with Crippen LogP contribution in [-0.4, -0.2) is 33.4 Å². The number of para-hydroxylation sites is 1. The summed E-state index contributed by atoms with van der Waals surface area (Å²) in [6.07, 6.45) is 3.17. The minimum absolute atomic E-state index is 0.0818. The van der Waals surface area contributed by atoms with E-state index in [0.717, 1.165) is 30.8 Å². The fraction of sp³-hybridized carbons (Fsp3) is 0.222. The fourth-order valence-corrected chi connectivity index (χ4v) is 6.10. The number of carbonyl (C=O) groups is 1. The molecule has 44 heavy (non-hydrogen) atoms. The fourth-order valence-electron chi connectivity index (χ4n) is 6.10. The van der Waals surface area contributed by atoms with Crippen molar-refractivity contribution in [3.63, 3.8) is 0 Å². The third-order valence-corrected chi connectivity index (χ3v) is 8.27. The number of hydrogen-bond donors (Lipinski definition) is 0. The molecule has 8 nitrogen and oxygen atoms in total. The molecule has 2 aliphatic heterocycles. The first-order valence-corrected chi connectivity index (χ1v) is 14.5. The largest absolute Gasteiger partial charge is 0.493 e. The summed E-state index contributed by atoms with van der Waals surface area (Å²) < 4.78 is 34.5. The van der Waals surface area contributed by atoms with Gasteiger partial charge in [0.15, 0.2) is 11.5 Å². The third kappa shape index (κ3) is 4.92. The topological polar surface area (TPSA) is 93.4 Å². The minimum atomic E-state index is -0.432. The van der Waals surface area contributed by atoms with Gasteiger partial charge in [0.25, 0.3) is 0 Å². The molecule has 0 N–H and O–H groups in total. The maximum atomic E-state index is 13.8. The third-order valence-electron chi connectivity index (χ3n) is 8.27. The summed E-state index contributed by atoms with van der Waals surface area (Å²) in [7, 11) is 3.10. The summed E-state index contributed by atoms with van der Waals surface area (Å²) in [6, 6.07) is 22.5. The first kappa shape index (κ1) is 27.6. The van der Waals surface area contributed by atoms with Crippen LogP contribution in [0.4, 0.5) is 0 Å². The average molecular weight is 591 g/mol. The molecule has 0 fully saturated rings. The highest BCUT2D eigenvalue weighted by Crippen LogP contribution is 2.45. The molecule has 7 rings (SSSR count). The molecule has 0 radical (unpaired) electrons. The molecule has 0 spiro atoms. The lowest BCUT2D eigenvalue weighted by molar-refractivity contribution is -0.135. The number of fused-ring (bicyclic) bond motifs is 4. The number of rotatable bonds is 8. The van der Waals surface area contributed by atoms with Crippen LogP contribution in [0.5, 0.6) is 28.7 Å². The second-order valence-electron chi connectivity index (χ2n) is 10.8. The van der Waals surface area contributed by atoms with Gasteiger partial charge in [0.1, 0.15) is 29.1 Å². The van der Waals surface area contributed by atoms with Crippen molar-refractivity contribution in [2.45, 2.75) is 25.2 Å². The Bertz CT molecular complexity index is 1960. The Hall–Kier alpha value is -5.24. The highest BCUT2D eigenvalue weighted by molar-refractivity contribution is 5.90. The van der Waals surface area contributed by atoms with Gasteiger partial charge < -0.3 is 28.1 Å². The van der Waals surface area contributed by atoms with Crippen LogP contribution in [0.1, 0.15) is 34.6 Å². The van der Waals surface area contributed by atoms with Gasteiger partial charge in [-0.1, -0.05) is 36.4 Å². The van der Waals surface area contributed by atoms with Crippen molar-refractivity contribution < 1.29 is 32.9 Å². The van der Waals surface area contributed by atoms with Crippen molar-refractivity contribution in [2.24, 2.45) is 0 Å². The molecule has 1 atom stereocenters. The van der Waals surface area contributed by atoms with Gasteiger partial charge in [0.2, 0.25) is 5.43 Å². The summed E-state index contributed by atoms with van der Waals surface area (Å²) in [4.78, 5) is 26.6. The molecule has 0 bridgehead atoms. The first-order chi connectivity index (χ1) is 21.5. The maximum absolute atomic E-state index is 13.8. The zero-order chi connectivity index (χ0) is 30.2. The van der Waals surface area contributed by atoms with Gasteiger partial charge in [-0.3, -0.25) is 9.59 Å². The molecule has 3 heterocycles. The molecule has 1 unspecified atom stereocenters. The highest BCUT2D eigenvalue weighted by atomic mass is 16.5. The minimum Gasteiger partial charge on any atom is -0.493 e. The van der Waals surface area contributed by atoms with Crippen molar-refractivity contribution in [3.8, 4) is 39.9 Å². The molecule has 5 aromatic rings. The van der Waals surface area contributed by atoms with Crippen LogP contribution in [0.25, 0.3) is 22.1 Å². The van der Waals surface area contributed by atoms with Gasteiger partial charge in [-0.05, 0) is 53.1 Å². The first-order valence-electron chi connectivity index (χ1n) is 14.5. The van der Waals surface area contributed by atoms with Crippen LogP contribution in [-0.2, 0) is 17.6 Å². The number of hydrogen-bond acceptors (Lipinski definition) is 8. The molecule has 0 saturated carbocycles. The van der Waals surface area contributed by atoms with Gasteiger partial charge in [-0.25, -0.2) is 0 Å². The van der Waals surface area contributed by atoms with E-state index in [2.05, 4.69) is 12.1 Å². The highest BCUT2D eigenvalue weighted by Gasteiger charge is 2.34. The van der Waals surface area contributed by atoms with E-state index in [4.69, 9.17) is 28.1 Å².